The van der Waals surface area contributed by atoms with Crippen molar-refractivity contribution in [3.8, 4) is 11.3 Å². The number of hydrazine groups is 1. The molecule has 4 N–H and O–H groups in total. The summed E-state index contributed by atoms with van der Waals surface area (Å²) in [6.07, 6.45) is 2.84. The van der Waals surface area contributed by atoms with Crippen LogP contribution in [0.4, 0.5) is 5.69 Å². The van der Waals surface area contributed by atoms with Gasteiger partial charge in [-0.1, -0.05) is 48.5 Å². The highest BCUT2D eigenvalue weighted by molar-refractivity contribution is 6.24. The number of anilines is 1. The second kappa shape index (κ2) is 10.6. The lowest BCUT2D eigenvalue weighted by Gasteiger charge is -2.27. The van der Waals surface area contributed by atoms with Gasteiger partial charge in [0.25, 0.3) is 5.91 Å². The van der Waals surface area contributed by atoms with Crippen molar-refractivity contribution in [1.29, 1.82) is 5.41 Å². The Morgan fingerprint density at radius 2 is 1.86 bits per heavy atom. The number of amidine groups is 1. The zero-order valence-corrected chi connectivity index (χ0v) is 20.4. The number of carbonyl (C=O) groups is 1. The third-order valence-corrected chi connectivity index (χ3v) is 6.64. The van der Waals surface area contributed by atoms with Crippen molar-refractivity contribution in [2.24, 2.45) is 5.92 Å². The van der Waals surface area contributed by atoms with Crippen molar-refractivity contribution in [2.75, 3.05) is 32.0 Å². The van der Waals surface area contributed by atoms with Crippen LogP contribution in [0.5, 0.6) is 0 Å². The van der Waals surface area contributed by atoms with Crippen LogP contribution in [0.1, 0.15) is 12.0 Å². The minimum atomic E-state index is -0.192. The van der Waals surface area contributed by atoms with Gasteiger partial charge in [0.1, 0.15) is 11.4 Å². The number of pyridine rings is 1. The van der Waals surface area contributed by atoms with E-state index in [-0.39, 0.29) is 11.7 Å². The molecule has 0 saturated carbocycles. The Balaban J connectivity index is 1.38. The highest BCUT2D eigenvalue weighted by Crippen LogP contribution is 2.25. The first-order valence-corrected chi connectivity index (χ1v) is 12.3. The molecule has 0 bridgehead atoms. The van der Waals surface area contributed by atoms with Crippen LogP contribution in [0.25, 0.3) is 11.3 Å². The van der Waals surface area contributed by atoms with Crippen LogP contribution in [0, 0.1) is 11.3 Å². The van der Waals surface area contributed by atoms with Gasteiger partial charge in [-0.05, 0) is 55.3 Å². The van der Waals surface area contributed by atoms with E-state index in [0.717, 1.165) is 42.0 Å². The average molecular weight is 482 g/mol. The molecule has 2 fully saturated rings. The van der Waals surface area contributed by atoms with Gasteiger partial charge in [0.15, 0.2) is 5.84 Å². The molecule has 1 amide bonds. The van der Waals surface area contributed by atoms with Gasteiger partial charge in [0.05, 0.1) is 5.69 Å². The van der Waals surface area contributed by atoms with Gasteiger partial charge < -0.3 is 16.0 Å². The van der Waals surface area contributed by atoms with E-state index in [0.29, 0.717) is 30.4 Å². The van der Waals surface area contributed by atoms with Gasteiger partial charge >= 0.3 is 0 Å². The molecule has 8 nitrogen and oxygen atoms in total. The number of nitrogens with zero attached hydrogens (tertiary/aromatic N) is 3. The molecule has 0 spiro atoms. The van der Waals surface area contributed by atoms with E-state index < -0.39 is 0 Å². The third-order valence-electron chi connectivity index (χ3n) is 6.64. The lowest BCUT2D eigenvalue weighted by atomic mass is 10.1. The molecule has 3 aromatic rings. The predicted octanol–water partition coefficient (Wildman–Crippen LogP) is 3.44. The highest BCUT2D eigenvalue weighted by Gasteiger charge is 2.39. The van der Waals surface area contributed by atoms with Crippen LogP contribution in [-0.2, 0) is 11.3 Å². The molecule has 0 radical (unpaired) electrons. The average Bonchev–Trinajstić information content (AvgIpc) is 3.51. The number of rotatable bonds is 8. The van der Waals surface area contributed by atoms with Crippen LogP contribution in [-0.4, -0.2) is 53.4 Å². The zero-order valence-electron chi connectivity index (χ0n) is 20.4. The van der Waals surface area contributed by atoms with Crippen molar-refractivity contribution >= 4 is 17.4 Å². The normalized spacial score (nSPS) is 19.1. The molecule has 1 aromatic heterocycles. The van der Waals surface area contributed by atoms with Crippen molar-refractivity contribution in [1.82, 2.24) is 25.6 Å². The second-order valence-corrected chi connectivity index (χ2v) is 9.12. The molecular weight excluding hydrogens is 450 g/mol. The highest BCUT2D eigenvalue weighted by atomic mass is 16.2. The van der Waals surface area contributed by atoms with Gasteiger partial charge in [-0.2, -0.15) is 0 Å². The molecule has 2 aliphatic rings. The summed E-state index contributed by atoms with van der Waals surface area (Å²) in [7, 11) is 1.74. The Labute approximate surface area is 211 Å². The fraction of sp³-hybridized carbons (Fsp3) is 0.250. The van der Waals surface area contributed by atoms with Crippen molar-refractivity contribution in [3.05, 3.63) is 96.0 Å². The summed E-state index contributed by atoms with van der Waals surface area (Å²) >= 11 is 0. The van der Waals surface area contributed by atoms with E-state index in [1.54, 1.807) is 23.3 Å². The molecule has 2 aromatic carbocycles. The van der Waals surface area contributed by atoms with Crippen LogP contribution in [0.2, 0.25) is 0 Å². The number of hydrogen-bond acceptors (Lipinski definition) is 6. The molecule has 3 heterocycles. The summed E-state index contributed by atoms with van der Waals surface area (Å²) < 4.78 is 0. The summed E-state index contributed by atoms with van der Waals surface area (Å²) in [5.74, 6) is 0.966. The number of amides is 1. The Kier molecular flexibility index (Phi) is 6.95. The first-order chi connectivity index (χ1) is 17.6. The Morgan fingerprint density at radius 1 is 1.08 bits per heavy atom. The van der Waals surface area contributed by atoms with Crippen LogP contribution in [0.3, 0.4) is 0 Å². The monoisotopic (exact) mass is 481 g/mol. The maximum absolute atomic E-state index is 13.3. The number of benzene rings is 2. The summed E-state index contributed by atoms with van der Waals surface area (Å²) in [5.41, 5.74) is 4.22. The fourth-order valence-electron chi connectivity index (χ4n) is 4.58. The first kappa shape index (κ1) is 23.6. The molecule has 5 rings (SSSR count). The number of carbonyl (C=O) groups excluding carboxylic acids is 1. The van der Waals surface area contributed by atoms with Gasteiger partial charge in [-0.3, -0.25) is 25.2 Å². The quantitative estimate of drug-likeness (QED) is 0.368. The molecule has 184 valence electrons. The van der Waals surface area contributed by atoms with Crippen LogP contribution >= 0.6 is 0 Å². The number of para-hydroxylation sites is 1. The Morgan fingerprint density at radius 3 is 2.56 bits per heavy atom. The SMILES string of the molecule is CN1C(=O)/C(=C(/NCc2ccc(-c3ccccn3)cc2)Nc2ccccc2)C(=N)N1CC1CCNC1. The lowest BCUT2D eigenvalue weighted by molar-refractivity contribution is -0.132. The molecule has 2 aliphatic heterocycles. The minimum Gasteiger partial charge on any atom is -0.367 e. The van der Waals surface area contributed by atoms with E-state index in [2.05, 4.69) is 33.1 Å². The molecule has 0 aliphatic carbocycles. The summed E-state index contributed by atoms with van der Waals surface area (Å²) in [6.45, 7) is 3.03. The molecule has 36 heavy (non-hydrogen) atoms. The Hall–Kier alpha value is -4.17. The van der Waals surface area contributed by atoms with E-state index in [1.165, 1.54) is 0 Å². The number of aromatic nitrogens is 1. The van der Waals surface area contributed by atoms with Gasteiger partial charge in [0.2, 0.25) is 0 Å². The van der Waals surface area contributed by atoms with E-state index in [9.17, 15) is 4.79 Å². The maximum atomic E-state index is 13.3. The number of nitrogens with one attached hydrogen (secondary N) is 4. The largest absolute Gasteiger partial charge is 0.367 e. The smallest absolute Gasteiger partial charge is 0.279 e. The molecule has 8 heteroatoms. The first-order valence-electron chi connectivity index (χ1n) is 12.3. The lowest BCUT2D eigenvalue weighted by Crippen LogP contribution is -2.41. The number of hydrogen-bond donors (Lipinski definition) is 4. The van der Waals surface area contributed by atoms with Crippen molar-refractivity contribution in [2.45, 2.75) is 13.0 Å². The summed E-state index contributed by atoms with van der Waals surface area (Å²) in [5, 5.41) is 22.4. The topological polar surface area (TPSA) is 96.4 Å². The van der Waals surface area contributed by atoms with Gasteiger partial charge in [-0.15, -0.1) is 0 Å². The molecule has 2 saturated heterocycles. The number of likely N-dealkylation sites (N-methyl/N-ethyl adjacent to an activating group) is 1. The summed E-state index contributed by atoms with van der Waals surface area (Å²) in [4.78, 5) is 17.7. The van der Waals surface area contributed by atoms with Crippen molar-refractivity contribution in [3.63, 3.8) is 0 Å². The van der Waals surface area contributed by atoms with Crippen LogP contribution < -0.4 is 16.0 Å². The standard InChI is InChI=1S/C28H31N7O/c1-34-28(36)25(26(29)35(34)19-21-14-16-30-17-21)27(33-23-7-3-2-4-8-23)32-18-20-10-12-22(13-11-20)24-9-5-6-15-31-24/h2-13,15,21,29-30,32-33H,14,16-19H2,1H3/b27-25-,29-26?. The van der Waals surface area contributed by atoms with Crippen molar-refractivity contribution < 1.29 is 4.79 Å². The second-order valence-electron chi connectivity index (χ2n) is 9.12. The molecule has 1 atom stereocenters. The molecular formula is C28H31N7O. The van der Waals surface area contributed by atoms with E-state index in [1.807, 2.05) is 60.7 Å². The van der Waals surface area contributed by atoms with Crippen LogP contribution in [0.15, 0.2) is 90.4 Å². The molecule has 1 unspecified atom stereocenters. The van der Waals surface area contributed by atoms with Gasteiger partial charge in [-0.25, -0.2) is 0 Å². The maximum Gasteiger partial charge on any atom is 0.279 e. The predicted molar refractivity (Wildman–Crippen MR) is 142 cm³/mol. The summed E-state index contributed by atoms with van der Waals surface area (Å²) in [6, 6.07) is 23.8. The minimum absolute atomic E-state index is 0.192. The Bertz CT molecular complexity index is 1240. The fourth-order valence-corrected chi connectivity index (χ4v) is 4.58. The zero-order chi connectivity index (χ0) is 24.9. The van der Waals surface area contributed by atoms with E-state index >= 15 is 0 Å². The van der Waals surface area contributed by atoms with E-state index in [4.69, 9.17) is 5.41 Å². The van der Waals surface area contributed by atoms with Gasteiger partial charge in [0, 0.05) is 37.6 Å². The third kappa shape index (κ3) is 5.08.